The van der Waals surface area contributed by atoms with Gasteiger partial charge in [-0.15, -0.1) is 0 Å². The predicted molar refractivity (Wildman–Crippen MR) is 129 cm³/mol. The maximum Gasteiger partial charge on any atom is 0.0681 e. The predicted octanol–water partition coefficient (Wildman–Crippen LogP) is 4.71. The average molecular weight is 524 g/mol. The Hall–Kier alpha value is -2.40. The van der Waals surface area contributed by atoms with Crippen LogP contribution in [0.25, 0.3) is 0 Å². The van der Waals surface area contributed by atoms with Crippen molar-refractivity contribution in [1.29, 1.82) is 0 Å². The van der Waals surface area contributed by atoms with E-state index >= 15 is 0 Å². The van der Waals surface area contributed by atoms with E-state index in [0.717, 1.165) is 22.3 Å². The first-order valence-corrected chi connectivity index (χ1v) is 10.3. The molecule has 0 atom stereocenters. The summed E-state index contributed by atoms with van der Waals surface area (Å²) < 4.78 is 0. The van der Waals surface area contributed by atoms with Crippen molar-refractivity contribution in [3.63, 3.8) is 0 Å². The molecule has 4 N–H and O–H groups in total. The van der Waals surface area contributed by atoms with Gasteiger partial charge in [-0.05, 0) is 22.3 Å². The molecule has 0 aliphatic heterocycles. The number of aliphatic hydroxyl groups excluding tert-OH is 4. The summed E-state index contributed by atoms with van der Waals surface area (Å²) in [5.74, 6) is 0. The van der Waals surface area contributed by atoms with Crippen molar-refractivity contribution >= 4 is 0 Å². The number of hydrogen-bond acceptors (Lipinski definition) is 4. The molecule has 4 rings (SSSR count). The summed E-state index contributed by atoms with van der Waals surface area (Å²) in [6.07, 6.45) is 0. The van der Waals surface area contributed by atoms with Crippen LogP contribution in [0.5, 0.6) is 0 Å². The van der Waals surface area contributed by atoms with Gasteiger partial charge in [-0.3, -0.25) is 0 Å². The molecule has 4 aromatic carbocycles. The fraction of sp³-hybridized carbons (Fsp3) is 0.143. The topological polar surface area (TPSA) is 80.9 Å². The molecule has 0 amide bonds. The fourth-order valence-electron chi connectivity index (χ4n) is 2.33. The van der Waals surface area contributed by atoms with Gasteiger partial charge in [0.2, 0.25) is 0 Å². The summed E-state index contributed by atoms with van der Waals surface area (Å²) >= 11 is 0. The molecule has 0 spiro atoms. The first-order chi connectivity index (χ1) is 15.7. The minimum atomic E-state index is 0. The second kappa shape index (κ2) is 21.4. The van der Waals surface area contributed by atoms with E-state index in [2.05, 4.69) is 0 Å². The van der Waals surface area contributed by atoms with Gasteiger partial charge in [0.05, 0.1) is 26.4 Å². The SMILES string of the molecule is OCc1ccccc1.OCc1ccccc1.OCc1ccccc1.OCc1ccccc1.[Zr]. The van der Waals surface area contributed by atoms with Gasteiger partial charge < -0.3 is 20.4 Å². The molecule has 0 bridgehead atoms. The van der Waals surface area contributed by atoms with Crippen LogP contribution in [0.3, 0.4) is 0 Å². The monoisotopic (exact) mass is 522 g/mol. The van der Waals surface area contributed by atoms with Crippen LogP contribution in [-0.2, 0) is 52.6 Å². The Morgan fingerprint density at radius 2 is 0.455 bits per heavy atom. The number of benzene rings is 4. The van der Waals surface area contributed by atoms with E-state index in [9.17, 15) is 0 Å². The van der Waals surface area contributed by atoms with E-state index in [0.29, 0.717) is 0 Å². The fourth-order valence-corrected chi connectivity index (χ4v) is 2.33. The van der Waals surface area contributed by atoms with E-state index in [-0.39, 0.29) is 52.6 Å². The van der Waals surface area contributed by atoms with Crippen LogP contribution in [0.1, 0.15) is 22.3 Å². The molecule has 5 heteroatoms. The Morgan fingerprint density at radius 3 is 0.545 bits per heavy atom. The minimum absolute atomic E-state index is 0. The van der Waals surface area contributed by atoms with Crippen LogP contribution < -0.4 is 0 Å². The second-order valence-electron chi connectivity index (χ2n) is 6.57. The van der Waals surface area contributed by atoms with Crippen LogP contribution in [0.2, 0.25) is 0 Å². The molecule has 0 unspecified atom stereocenters. The molecule has 172 valence electrons. The van der Waals surface area contributed by atoms with Gasteiger partial charge in [-0.2, -0.15) is 0 Å². The van der Waals surface area contributed by atoms with Gasteiger partial charge in [-0.1, -0.05) is 121 Å². The van der Waals surface area contributed by atoms with Crippen molar-refractivity contribution in [1.82, 2.24) is 0 Å². The van der Waals surface area contributed by atoms with Gasteiger partial charge in [-0.25, -0.2) is 0 Å². The van der Waals surface area contributed by atoms with Crippen LogP contribution in [-0.4, -0.2) is 20.4 Å². The molecule has 4 nitrogen and oxygen atoms in total. The summed E-state index contributed by atoms with van der Waals surface area (Å²) in [6, 6.07) is 38.1. The Balaban J connectivity index is 0.000000410. The third-order valence-corrected chi connectivity index (χ3v) is 4.10. The van der Waals surface area contributed by atoms with E-state index < -0.39 is 0 Å². The minimum Gasteiger partial charge on any atom is -0.392 e. The summed E-state index contributed by atoms with van der Waals surface area (Å²) in [5, 5.41) is 34.2. The zero-order valence-corrected chi connectivity index (χ0v) is 21.1. The van der Waals surface area contributed by atoms with Gasteiger partial charge in [0, 0.05) is 26.2 Å². The third-order valence-electron chi connectivity index (χ3n) is 4.10. The Labute approximate surface area is 216 Å². The first kappa shape index (κ1) is 30.6. The quantitative estimate of drug-likeness (QED) is 0.312. The normalized spacial score (nSPS) is 8.85. The third kappa shape index (κ3) is 16.0. The Kier molecular flexibility index (Phi) is 19.9. The summed E-state index contributed by atoms with van der Waals surface area (Å²) in [7, 11) is 0. The molecule has 0 saturated heterocycles. The second-order valence-corrected chi connectivity index (χ2v) is 6.57. The summed E-state index contributed by atoms with van der Waals surface area (Å²) in [4.78, 5) is 0. The van der Waals surface area contributed by atoms with Crippen molar-refractivity contribution in [2.45, 2.75) is 26.4 Å². The first-order valence-electron chi connectivity index (χ1n) is 10.3. The standard InChI is InChI=1S/4C7H8O.Zr/c4*8-6-7-4-2-1-3-5-7;/h4*1-5,8H,6H2;. The molecule has 0 saturated carbocycles. The summed E-state index contributed by atoms with van der Waals surface area (Å²) in [5.41, 5.74) is 3.86. The molecular formula is C28H32O4Zr. The summed E-state index contributed by atoms with van der Waals surface area (Å²) in [6.45, 7) is 0.559. The molecule has 0 aliphatic carbocycles. The molecule has 0 aliphatic rings. The maximum atomic E-state index is 8.54. The zero-order chi connectivity index (χ0) is 23.3. The van der Waals surface area contributed by atoms with Gasteiger partial charge in [0.15, 0.2) is 0 Å². The molecule has 0 fully saturated rings. The van der Waals surface area contributed by atoms with E-state index in [1.54, 1.807) is 0 Å². The van der Waals surface area contributed by atoms with Gasteiger partial charge in [0.25, 0.3) is 0 Å². The van der Waals surface area contributed by atoms with Crippen LogP contribution in [0.4, 0.5) is 0 Å². The van der Waals surface area contributed by atoms with Crippen molar-refractivity contribution < 1.29 is 46.6 Å². The zero-order valence-electron chi connectivity index (χ0n) is 18.7. The Morgan fingerprint density at radius 1 is 0.303 bits per heavy atom. The maximum absolute atomic E-state index is 8.54. The molecule has 0 aromatic heterocycles. The largest absolute Gasteiger partial charge is 0.392 e. The van der Waals surface area contributed by atoms with Crippen molar-refractivity contribution in [3.05, 3.63) is 144 Å². The van der Waals surface area contributed by atoms with Gasteiger partial charge in [0.1, 0.15) is 0 Å². The van der Waals surface area contributed by atoms with Crippen LogP contribution >= 0.6 is 0 Å². The van der Waals surface area contributed by atoms with Crippen molar-refractivity contribution in [2.24, 2.45) is 0 Å². The smallest absolute Gasteiger partial charge is 0.0681 e. The number of rotatable bonds is 4. The molecule has 4 aromatic rings. The molecule has 0 heterocycles. The van der Waals surface area contributed by atoms with Crippen molar-refractivity contribution in [2.75, 3.05) is 0 Å². The molecular weight excluding hydrogens is 492 g/mol. The van der Waals surface area contributed by atoms with Crippen LogP contribution in [0, 0.1) is 0 Å². The van der Waals surface area contributed by atoms with E-state index in [1.165, 1.54) is 0 Å². The van der Waals surface area contributed by atoms with E-state index in [4.69, 9.17) is 20.4 Å². The van der Waals surface area contributed by atoms with E-state index in [1.807, 2.05) is 121 Å². The van der Waals surface area contributed by atoms with Gasteiger partial charge >= 0.3 is 0 Å². The average Bonchev–Trinajstić information content (AvgIpc) is 2.91. The van der Waals surface area contributed by atoms with Crippen molar-refractivity contribution in [3.8, 4) is 0 Å². The van der Waals surface area contributed by atoms with Crippen LogP contribution in [0.15, 0.2) is 121 Å². The molecule has 0 radical (unpaired) electrons. The number of hydrogen-bond donors (Lipinski definition) is 4. The molecule has 33 heavy (non-hydrogen) atoms. The number of aliphatic hydroxyl groups is 4. The Bertz CT molecular complexity index is 747.